The van der Waals surface area contributed by atoms with Gasteiger partial charge in [-0.15, -0.1) is 0 Å². The van der Waals surface area contributed by atoms with Crippen LogP contribution in [0.15, 0.2) is 0 Å². The predicted molar refractivity (Wildman–Crippen MR) is 58.6 cm³/mol. The van der Waals surface area contributed by atoms with Gasteiger partial charge in [0, 0.05) is 12.6 Å². The molecule has 0 aromatic heterocycles. The standard InChI is InChI=1S/C12H21NO2/c1-2-15-12(14)11-8-9-13(11)10-6-4-3-5-7-10/h10-11H,2-9H2,1H3/t11-/m1/s1. The van der Waals surface area contributed by atoms with E-state index < -0.39 is 0 Å². The normalized spacial score (nSPS) is 28.5. The predicted octanol–water partition coefficient (Wildman–Crippen LogP) is 1.96. The highest BCUT2D eigenvalue weighted by atomic mass is 16.5. The van der Waals surface area contributed by atoms with Gasteiger partial charge in [-0.25, -0.2) is 0 Å². The van der Waals surface area contributed by atoms with Crippen molar-refractivity contribution in [3.8, 4) is 0 Å². The lowest BCUT2D eigenvalue weighted by Gasteiger charge is -2.45. The molecule has 0 aromatic rings. The summed E-state index contributed by atoms with van der Waals surface area (Å²) in [7, 11) is 0. The maximum Gasteiger partial charge on any atom is 0.323 e. The molecule has 1 saturated heterocycles. The minimum atomic E-state index is -0.00526. The Morgan fingerprint density at radius 2 is 2.00 bits per heavy atom. The molecular weight excluding hydrogens is 190 g/mol. The fraction of sp³-hybridized carbons (Fsp3) is 0.917. The Bertz CT molecular complexity index is 224. The Morgan fingerprint density at radius 3 is 2.53 bits per heavy atom. The molecule has 0 spiro atoms. The van der Waals surface area contributed by atoms with Crippen LogP contribution < -0.4 is 0 Å². The van der Waals surface area contributed by atoms with E-state index in [1.807, 2.05) is 6.92 Å². The molecule has 1 saturated carbocycles. The van der Waals surface area contributed by atoms with Crippen molar-refractivity contribution in [2.45, 2.75) is 57.5 Å². The molecular formula is C12H21NO2. The molecule has 3 heteroatoms. The smallest absolute Gasteiger partial charge is 0.323 e. The van der Waals surface area contributed by atoms with Gasteiger partial charge in [-0.3, -0.25) is 9.69 Å². The molecule has 15 heavy (non-hydrogen) atoms. The summed E-state index contributed by atoms with van der Waals surface area (Å²) < 4.78 is 5.09. The quantitative estimate of drug-likeness (QED) is 0.668. The van der Waals surface area contributed by atoms with Crippen molar-refractivity contribution in [2.75, 3.05) is 13.2 Å². The third-order valence-electron chi connectivity index (χ3n) is 3.66. The summed E-state index contributed by atoms with van der Waals surface area (Å²) >= 11 is 0. The summed E-state index contributed by atoms with van der Waals surface area (Å²) in [5.41, 5.74) is 0. The number of rotatable bonds is 3. The maximum absolute atomic E-state index is 11.6. The van der Waals surface area contributed by atoms with Gasteiger partial charge in [-0.2, -0.15) is 0 Å². The molecule has 1 atom stereocenters. The molecule has 0 unspecified atom stereocenters. The van der Waals surface area contributed by atoms with Gasteiger partial charge in [0.15, 0.2) is 0 Å². The molecule has 86 valence electrons. The van der Waals surface area contributed by atoms with Crippen LogP contribution in [-0.2, 0) is 9.53 Å². The number of carbonyl (C=O) groups excluding carboxylic acids is 1. The van der Waals surface area contributed by atoms with Crippen LogP contribution in [0.5, 0.6) is 0 Å². The SMILES string of the molecule is CCOC(=O)[C@H]1CCN1C1CCCCC1. The third-order valence-corrected chi connectivity index (χ3v) is 3.66. The Balaban J connectivity index is 1.84. The molecule has 2 rings (SSSR count). The largest absolute Gasteiger partial charge is 0.465 e. The molecule has 0 radical (unpaired) electrons. The van der Waals surface area contributed by atoms with Gasteiger partial charge in [0.05, 0.1) is 6.61 Å². The maximum atomic E-state index is 11.6. The summed E-state index contributed by atoms with van der Waals surface area (Å²) in [6.45, 7) is 3.48. The number of likely N-dealkylation sites (tertiary alicyclic amines) is 1. The summed E-state index contributed by atoms with van der Waals surface area (Å²) in [5.74, 6) is -0.00526. The molecule has 0 amide bonds. The monoisotopic (exact) mass is 211 g/mol. The molecule has 0 bridgehead atoms. The number of ether oxygens (including phenoxy) is 1. The van der Waals surface area contributed by atoms with Crippen LogP contribution in [-0.4, -0.2) is 36.1 Å². The minimum Gasteiger partial charge on any atom is -0.465 e. The first-order valence-corrected chi connectivity index (χ1v) is 6.25. The van der Waals surface area contributed by atoms with Gasteiger partial charge in [0.25, 0.3) is 0 Å². The van der Waals surface area contributed by atoms with Crippen molar-refractivity contribution < 1.29 is 9.53 Å². The zero-order chi connectivity index (χ0) is 10.7. The van der Waals surface area contributed by atoms with Gasteiger partial charge in [-0.05, 0) is 26.2 Å². The molecule has 3 nitrogen and oxygen atoms in total. The Kier molecular flexibility index (Phi) is 3.62. The van der Waals surface area contributed by atoms with Crippen molar-refractivity contribution in [3.63, 3.8) is 0 Å². The van der Waals surface area contributed by atoms with Gasteiger partial charge in [0.1, 0.15) is 6.04 Å². The number of nitrogens with zero attached hydrogens (tertiary/aromatic N) is 1. The Hall–Kier alpha value is -0.570. The lowest BCUT2D eigenvalue weighted by atomic mass is 9.89. The average molecular weight is 211 g/mol. The van der Waals surface area contributed by atoms with E-state index >= 15 is 0 Å². The average Bonchev–Trinajstić information content (AvgIpc) is 2.18. The molecule has 1 aliphatic heterocycles. The number of hydrogen-bond acceptors (Lipinski definition) is 3. The molecule has 1 heterocycles. The van der Waals surface area contributed by atoms with Crippen LogP contribution in [0.4, 0.5) is 0 Å². The van der Waals surface area contributed by atoms with Crippen LogP contribution in [0, 0.1) is 0 Å². The second kappa shape index (κ2) is 4.97. The summed E-state index contributed by atoms with van der Waals surface area (Å²) in [6.07, 6.45) is 7.57. The topological polar surface area (TPSA) is 29.5 Å². The zero-order valence-corrected chi connectivity index (χ0v) is 9.58. The van der Waals surface area contributed by atoms with Gasteiger partial charge < -0.3 is 4.74 Å². The highest BCUT2D eigenvalue weighted by molar-refractivity contribution is 5.76. The molecule has 1 aliphatic carbocycles. The van der Waals surface area contributed by atoms with Crippen LogP contribution in [0.1, 0.15) is 45.4 Å². The van der Waals surface area contributed by atoms with Crippen molar-refractivity contribution in [1.29, 1.82) is 0 Å². The Morgan fingerprint density at radius 1 is 1.27 bits per heavy atom. The van der Waals surface area contributed by atoms with E-state index in [4.69, 9.17) is 4.74 Å². The van der Waals surface area contributed by atoms with Gasteiger partial charge >= 0.3 is 5.97 Å². The summed E-state index contributed by atoms with van der Waals surface area (Å²) in [6, 6.07) is 0.731. The van der Waals surface area contributed by atoms with Gasteiger partial charge in [0.2, 0.25) is 0 Å². The van der Waals surface area contributed by atoms with E-state index in [0.29, 0.717) is 12.6 Å². The number of esters is 1. The molecule has 0 N–H and O–H groups in total. The van der Waals surface area contributed by atoms with Crippen molar-refractivity contribution in [1.82, 2.24) is 4.90 Å². The minimum absolute atomic E-state index is 0.00526. The van der Waals surface area contributed by atoms with E-state index in [1.54, 1.807) is 0 Å². The summed E-state index contributed by atoms with van der Waals surface area (Å²) in [4.78, 5) is 14.0. The van der Waals surface area contributed by atoms with Crippen LogP contribution in [0.25, 0.3) is 0 Å². The molecule has 2 aliphatic rings. The first-order chi connectivity index (χ1) is 7.33. The van der Waals surface area contributed by atoms with Crippen molar-refractivity contribution >= 4 is 5.97 Å². The van der Waals surface area contributed by atoms with E-state index in [-0.39, 0.29) is 12.0 Å². The van der Waals surface area contributed by atoms with Crippen LogP contribution in [0.3, 0.4) is 0 Å². The lowest BCUT2D eigenvalue weighted by Crippen LogP contribution is -2.57. The molecule has 0 aromatic carbocycles. The fourth-order valence-electron chi connectivity index (χ4n) is 2.75. The van der Waals surface area contributed by atoms with E-state index in [9.17, 15) is 4.79 Å². The van der Waals surface area contributed by atoms with Gasteiger partial charge in [-0.1, -0.05) is 19.3 Å². The molecule has 2 fully saturated rings. The van der Waals surface area contributed by atoms with Crippen molar-refractivity contribution in [2.24, 2.45) is 0 Å². The van der Waals surface area contributed by atoms with Crippen LogP contribution in [0.2, 0.25) is 0 Å². The number of hydrogen-bond donors (Lipinski definition) is 0. The highest BCUT2D eigenvalue weighted by Gasteiger charge is 2.39. The lowest BCUT2D eigenvalue weighted by molar-refractivity contribution is -0.157. The third kappa shape index (κ3) is 2.33. The summed E-state index contributed by atoms with van der Waals surface area (Å²) in [5, 5.41) is 0. The van der Waals surface area contributed by atoms with Crippen molar-refractivity contribution in [3.05, 3.63) is 0 Å². The van der Waals surface area contributed by atoms with E-state index in [2.05, 4.69) is 4.90 Å². The van der Waals surface area contributed by atoms with Crippen LogP contribution >= 0.6 is 0 Å². The second-order valence-electron chi connectivity index (χ2n) is 4.59. The highest BCUT2D eigenvalue weighted by Crippen LogP contribution is 2.30. The zero-order valence-electron chi connectivity index (χ0n) is 9.58. The van der Waals surface area contributed by atoms with E-state index in [1.165, 1.54) is 32.1 Å². The number of carbonyl (C=O) groups is 1. The fourth-order valence-corrected chi connectivity index (χ4v) is 2.75. The Labute approximate surface area is 91.8 Å². The first-order valence-electron chi connectivity index (χ1n) is 6.25. The first kappa shape index (κ1) is 10.9. The van der Waals surface area contributed by atoms with E-state index in [0.717, 1.165) is 13.0 Å². The second-order valence-corrected chi connectivity index (χ2v) is 4.59.